The first kappa shape index (κ1) is 11.9. The lowest BCUT2D eigenvalue weighted by atomic mass is 10.1. The minimum Gasteiger partial charge on any atom is -0.344 e. The molecule has 2 heterocycles. The molecular weight excluding hydrogens is 216 g/mol. The number of carbonyl (C=O) groups excluding carboxylic acids is 1. The summed E-state index contributed by atoms with van der Waals surface area (Å²) in [5, 5.41) is 7.56. The SMILES string of the molecule is C=Cn1cc(CNC2CCC(=O)N(C)C2)cn1. The smallest absolute Gasteiger partial charge is 0.222 e. The Morgan fingerprint density at radius 3 is 3.18 bits per heavy atom. The zero-order chi connectivity index (χ0) is 12.3. The van der Waals surface area contributed by atoms with E-state index in [1.807, 2.05) is 19.4 Å². The Bertz CT molecular complexity index is 412. The molecule has 0 aliphatic carbocycles. The Morgan fingerprint density at radius 1 is 1.71 bits per heavy atom. The van der Waals surface area contributed by atoms with Crippen LogP contribution in [0.4, 0.5) is 0 Å². The van der Waals surface area contributed by atoms with Crippen LogP contribution >= 0.6 is 0 Å². The summed E-state index contributed by atoms with van der Waals surface area (Å²) < 4.78 is 1.69. The lowest BCUT2D eigenvalue weighted by Gasteiger charge is -2.30. The van der Waals surface area contributed by atoms with Crippen molar-refractivity contribution in [2.75, 3.05) is 13.6 Å². The molecule has 1 N–H and O–H groups in total. The zero-order valence-electron chi connectivity index (χ0n) is 10.1. The number of carbonyl (C=O) groups is 1. The van der Waals surface area contributed by atoms with Gasteiger partial charge in [-0.25, -0.2) is 4.68 Å². The number of likely N-dealkylation sites (N-methyl/N-ethyl adjacent to an activating group) is 1. The number of rotatable bonds is 4. The Morgan fingerprint density at radius 2 is 2.53 bits per heavy atom. The second-order valence-corrected chi connectivity index (χ2v) is 4.40. The van der Waals surface area contributed by atoms with Gasteiger partial charge in [-0.1, -0.05) is 6.58 Å². The van der Waals surface area contributed by atoms with Crippen molar-refractivity contribution in [2.45, 2.75) is 25.4 Å². The molecule has 1 aliphatic rings. The molecule has 0 spiro atoms. The van der Waals surface area contributed by atoms with Crippen LogP contribution in [0, 0.1) is 0 Å². The highest BCUT2D eigenvalue weighted by Gasteiger charge is 2.22. The largest absolute Gasteiger partial charge is 0.344 e. The summed E-state index contributed by atoms with van der Waals surface area (Å²) in [5.41, 5.74) is 1.13. The van der Waals surface area contributed by atoms with E-state index in [2.05, 4.69) is 17.0 Å². The van der Waals surface area contributed by atoms with Crippen molar-refractivity contribution < 1.29 is 4.79 Å². The van der Waals surface area contributed by atoms with Crippen molar-refractivity contribution in [3.05, 3.63) is 24.5 Å². The van der Waals surface area contributed by atoms with Gasteiger partial charge in [0.1, 0.15) is 0 Å². The molecule has 5 nitrogen and oxygen atoms in total. The maximum Gasteiger partial charge on any atom is 0.222 e. The molecule has 1 atom stereocenters. The summed E-state index contributed by atoms with van der Waals surface area (Å²) in [5.74, 6) is 0.238. The van der Waals surface area contributed by atoms with Gasteiger partial charge in [-0.3, -0.25) is 4.79 Å². The van der Waals surface area contributed by atoms with Gasteiger partial charge in [-0.15, -0.1) is 0 Å². The topological polar surface area (TPSA) is 50.2 Å². The summed E-state index contributed by atoms with van der Waals surface area (Å²) in [6.07, 6.45) is 6.99. The van der Waals surface area contributed by atoms with Crippen LogP contribution in [-0.4, -0.2) is 40.2 Å². The predicted molar refractivity (Wildman–Crippen MR) is 66.1 cm³/mol. The Labute approximate surface area is 101 Å². The first-order valence-corrected chi connectivity index (χ1v) is 5.82. The quantitative estimate of drug-likeness (QED) is 0.834. The molecule has 1 aromatic rings. The number of likely N-dealkylation sites (tertiary alicyclic amines) is 1. The van der Waals surface area contributed by atoms with Crippen molar-refractivity contribution in [1.29, 1.82) is 0 Å². The maximum absolute atomic E-state index is 11.3. The van der Waals surface area contributed by atoms with Gasteiger partial charge in [0, 0.05) is 50.6 Å². The molecule has 0 saturated carbocycles. The van der Waals surface area contributed by atoms with E-state index in [9.17, 15) is 4.79 Å². The fourth-order valence-corrected chi connectivity index (χ4v) is 2.01. The summed E-state index contributed by atoms with van der Waals surface area (Å²) in [6, 6.07) is 0.379. The van der Waals surface area contributed by atoms with Crippen LogP contribution in [-0.2, 0) is 11.3 Å². The van der Waals surface area contributed by atoms with Crippen LogP contribution in [0.5, 0.6) is 0 Å². The lowest BCUT2D eigenvalue weighted by Crippen LogP contribution is -2.46. The van der Waals surface area contributed by atoms with Crippen LogP contribution in [0.2, 0.25) is 0 Å². The lowest BCUT2D eigenvalue weighted by molar-refractivity contribution is -0.132. The highest BCUT2D eigenvalue weighted by molar-refractivity contribution is 5.76. The third kappa shape index (κ3) is 2.94. The monoisotopic (exact) mass is 234 g/mol. The number of hydrogen-bond donors (Lipinski definition) is 1. The third-order valence-electron chi connectivity index (χ3n) is 3.06. The average Bonchev–Trinajstić information content (AvgIpc) is 2.79. The minimum atomic E-state index is 0.238. The number of hydrogen-bond acceptors (Lipinski definition) is 3. The molecule has 0 bridgehead atoms. The number of nitrogens with one attached hydrogen (secondary N) is 1. The average molecular weight is 234 g/mol. The van der Waals surface area contributed by atoms with Crippen LogP contribution in [0.25, 0.3) is 6.20 Å². The molecule has 1 aliphatic heterocycles. The number of piperidine rings is 1. The van der Waals surface area contributed by atoms with Gasteiger partial charge in [0.15, 0.2) is 0 Å². The summed E-state index contributed by atoms with van der Waals surface area (Å²) in [6.45, 7) is 5.21. The fourth-order valence-electron chi connectivity index (χ4n) is 2.01. The normalized spacial score (nSPS) is 20.6. The van der Waals surface area contributed by atoms with Crippen LogP contribution in [0.1, 0.15) is 18.4 Å². The van der Waals surface area contributed by atoms with Crippen molar-refractivity contribution in [1.82, 2.24) is 20.0 Å². The first-order chi connectivity index (χ1) is 8.19. The molecular formula is C12H18N4O. The maximum atomic E-state index is 11.3. The van der Waals surface area contributed by atoms with E-state index in [0.29, 0.717) is 12.5 Å². The highest BCUT2D eigenvalue weighted by Crippen LogP contribution is 2.10. The third-order valence-corrected chi connectivity index (χ3v) is 3.06. The molecule has 1 unspecified atom stereocenters. The number of nitrogens with zero attached hydrogens (tertiary/aromatic N) is 3. The molecule has 1 aromatic heterocycles. The van der Waals surface area contributed by atoms with Crippen molar-refractivity contribution in [2.24, 2.45) is 0 Å². The zero-order valence-corrected chi connectivity index (χ0v) is 10.1. The van der Waals surface area contributed by atoms with Gasteiger partial charge >= 0.3 is 0 Å². The van der Waals surface area contributed by atoms with Gasteiger partial charge < -0.3 is 10.2 Å². The summed E-state index contributed by atoms with van der Waals surface area (Å²) in [4.78, 5) is 13.1. The second-order valence-electron chi connectivity index (χ2n) is 4.40. The summed E-state index contributed by atoms with van der Waals surface area (Å²) in [7, 11) is 1.85. The molecule has 0 aromatic carbocycles. The van der Waals surface area contributed by atoms with E-state index in [1.54, 1.807) is 15.8 Å². The van der Waals surface area contributed by atoms with E-state index in [4.69, 9.17) is 0 Å². The summed E-state index contributed by atoms with van der Waals surface area (Å²) >= 11 is 0. The molecule has 1 saturated heterocycles. The number of aromatic nitrogens is 2. The van der Waals surface area contributed by atoms with Gasteiger partial charge in [0.2, 0.25) is 5.91 Å². The minimum absolute atomic E-state index is 0.238. The Balaban J connectivity index is 1.82. The van der Waals surface area contributed by atoms with Crippen LogP contribution in [0.15, 0.2) is 19.0 Å². The van der Waals surface area contributed by atoms with Gasteiger partial charge in [-0.05, 0) is 6.42 Å². The first-order valence-electron chi connectivity index (χ1n) is 5.82. The van der Waals surface area contributed by atoms with Gasteiger partial charge in [-0.2, -0.15) is 5.10 Å². The van der Waals surface area contributed by atoms with Crippen molar-refractivity contribution in [3.63, 3.8) is 0 Å². The van der Waals surface area contributed by atoms with E-state index in [1.165, 1.54) is 0 Å². The Kier molecular flexibility index (Phi) is 3.58. The van der Waals surface area contributed by atoms with E-state index < -0.39 is 0 Å². The van der Waals surface area contributed by atoms with Crippen LogP contribution in [0.3, 0.4) is 0 Å². The number of amides is 1. The second kappa shape index (κ2) is 5.14. The highest BCUT2D eigenvalue weighted by atomic mass is 16.2. The molecule has 1 amide bonds. The van der Waals surface area contributed by atoms with Crippen molar-refractivity contribution in [3.8, 4) is 0 Å². The fraction of sp³-hybridized carbons (Fsp3) is 0.500. The molecule has 92 valence electrons. The molecule has 5 heteroatoms. The molecule has 0 radical (unpaired) electrons. The molecule has 17 heavy (non-hydrogen) atoms. The van der Waals surface area contributed by atoms with Gasteiger partial charge in [0.05, 0.1) is 6.20 Å². The van der Waals surface area contributed by atoms with Gasteiger partial charge in [0.25, 0.3) is 0 Å². The standard InChI is InChI=1S/C12H18N4O/c1-3-16-8-10(7-14-16)6-13-11-4-5-12(17)15(2)9-11/h3,7-8,11,13H,1,4-6,9H2,2H3. The molecule has 1 fully saturated rings. The van der Waals surface area contributed by atoms with Crippen molar-refractivity contribution >= 4 is 12.1 Å². The molecule has 2 rings (SSSR count). The predicted octanol–water partition coefficient (Wildman–Crippen LogP) is 0.694. The Hall–Kier alpha value is -1.62. The van der Waals surface area contributed by atoms with E-state index in [0.717, 1.165) is 25.1 Å². The van der Waals surface area contributed by atoms with Crippen LogP contribution < -0.4 is 5.32 Å². The van der Waals surface area contributed by atoms with E-state index >= 15 is 0 Å². The van der Waals surface area contributed by atoms with E-state index in [-0.39, 0.29) is 5.91 Å².